The Hall–Kier alpha value is -1.90. The van der Waals surface area contributed by atoms with Crippen molar-refractivity contribution in [1.82, 2.24) is 14.8 Å². The van der Waals surface area contributed by atoms with Crippen LogP contribution in [0.1, 0.15) is 29.9 Å². The minimum atomic E-state index is -3.54. The first-order valence-electron chi connectivity index (χ1n) is 8.32. The molecule has 136 valence electrons. The number of hydrogen-bond donors (Lipinski definition) is 1. The topological polar surface area (TPSA) is 84.7 Å². The first-order chi connectivity index (χ1) is 12.0. The van der Waals surface area contributed by atoms with Gasteiger partial charge in [0, 0.05) is 25.7 Å². The van der Waals surface area contributed by atoms with Gasteiger partial charge >= 0.3 is 0 Å². The van der Waals surface area contributed by atoms with Crippen molar-refractivity contribution in [2.45, 2.75) is 25.1 Å². The van der Waals surface area contributed by atoms with Crippen molar-refractivity contribution in [2.75, 3.05) is 26.7 Å². The highest BCUT2D eigenvalue weighted by molar-refractivity contribution is 7.88. The van der Waals surface area contributed by atoms with Crippen molar-refractivity contribution in [3.63, 3.8) is 0 Å². The summed E-state index contributed by atoms with van der Waals surface area (Å²) in [5.74, 6) is 0.320. The molecule has 1 aromatic heterocycles. The maximum atomic E-state index is 12.9. The molecule has 7 nitrogen and oxygen atoms in total. The van der Waals surface area contributed by atoms with E-state index in [1.807, 2.05) is 12.1 Å². The molecule has 2 aromatic rings. The molecule has 1 aliphatic heterocycles. The first kappa shape index (κ1) is 17.9. The van der Waals surface area contributed by atoms with Crippen molar-refractivity contribution in [3.05, 3.63) is 47.2 Å². The Morgan fingerprint density at radius 3 is 2.76 bits per heavy atom. The van der Waals surface area contributed by atoms with Crippen LogP contribution in [0.4, 0.5) is 0 Å². The lowest BCUT2D eigenvalue weighted by atomic mass is 10.0. The zero-order valence-electron chi connectivity index (χ0n) is 14.4. The van der Waals surface area contributed by atoms with Gasteiger partial charge in [-0.25, -0.2) is 8.42 Å². The lowest BCUT2D eigenvalue weighted by Gasteiger charge is -2.35. The van der Waals surface area contributed by atoms with Crippen LogP contribution < -0.4 is 10.1 Å². The van der Waals surface area contributed by atoms with Crippen LogP contribution in [-0.4, -0.2) is 44.6 Å². The number of benzene rings is 1. The second-order valence-corrected chi connectivity index (χ2v) is 7.94. The van der Waals surface area contributed by atoms with Gasteiger partial charge in [-0.15, -0.1) is 0 Å². The number of nitrogens with one attached hydrogen (secondary N) is 1. The summed E-state index contributed by atoms with van der Waals surface area (Å²) in [5, 5.41) is 6.95. The Balaban J connectivity index is 1.83. The standard InChI is InChI=1S/C17H23N3O4S/c1-3-13-4-6-14(7-5-13)16-11-18-8-9-20(16)25(21,22)12-15-10-17(23-2)19-24-15/h4-7,10,16,18H,3,8-9,11-12H2,1-2H3. The number of hydrogen-bond acceptors (Lipinski definition) is 6. The summed E-state index contributed by atoms with van der Waals surface area (Å²) in [6.45, 7) is 3.74. The second kappa shape index (κ2) is 7.55. The van der Waals surface area contributed by atoms with Gasteiger partial charge < -0.3 is 14.6 Å². The average Bonchev–Trinajstić information content (AvgIpc) is 3.08. The van der Waals surface area contributed by atoms with Crippen LogP contribution in [0.2, 0.25) is 0 Å². The molecule has 1 saturated heterocycles. The smallest absolute Gasteiger partial charge is 0.254 e. The molecule has 0 aliphatic carbocycles. The third kappa shape index (κ3) is 4.02. The van der Waals surface area contributed by atoms with Gasteiger partial charge in [-0.1, -0.05) is 31.2 Å². The lowest BCUT2D eigenvalue weighted by Crippen LogP contribution is -2.48. The van der Waals surface area contributed by atoms with E-state index < -0.39 is 10.0 Å². The average molecular weight is 365 g/mol. The highest BCUT2D eigenvalue weighted by Crippen LogP contribution is 2.27. The lowest BCUT2D eigenvalue weighted by molar-refractivity contribution is 0.269. The maximum Gasteiger partial charge on any atom is 0.254 e. The number of nitrogens with zero attached hydrogens (tertiary/aromatic N) is 2. The Morgan fingerprint density at radius 1 is 1.36 bits per heavy atom. The summed E-state index contributed by atoms with van der Waals surface area (Å²) in [5.41, 5.74) is 2.22. The molecule has 0 amide bonds. The predicted molar refractivity (Wildman–Crippen MR) is 93.8 cm³/mol. The second-order valence-electron chi connectivity index (χ2n) is 6.02. The number of sulfonamides is 1. The molecule has 1 atom stereocenters. The van der Waals surface area contributed by atoms with Gasteiger partial charge in [0.05, 0.1) is 13.2 Å². The molecule has 0 saturated carbocycles. The van der Waals surface area contributed by atoms with Crippen LogP contribution in [0, 0.1) is 0 Å². The van der Waals surface area contributed by atoms with Gasteiger partial charge in [0.15, 0.2) is 5.76 Å². The highest BCUT2D eigenvalue weighted by Gasteiger charge is 2.34. The van der Waals surface area contributed by atoms with E-state index in [-0.39, 0.29) is 23.4 Å². The van der Waals surface area contributed by atoms with E-state index in [1.54, 1.807) is 4.31 Å². The summed E-state index contributed by atoms with van der Waals surface area (Å²) < 4.78 is 37.4. The fourth-order valence-corrected chi connectivity index (χ4v) is 4.61. The molecule has 0 bridgehead atoms. The van der Waals surface area contributed by atoms with Crippen molar-refractivity contribution < 1.29 is 17.7 Å². The van der Waals surface area contributed by atoms with Gasteiger partial charge in [0.25, 0.3) is 5.88 Å². The number of aryl methyl sites for hydroxylation is 1. The van der Waals surface area contributed by atoms with E-state index in [4.69, 9.17) is 9.26 Å². The number of ether oxygens (including phenoxy) is 1. The molecule has 1 aromatic carbocycles. The zero-order chi connectivity index (χ0) is 17.9. The van der Waals surface area contributed by atoms with Crippen molar-refractivity contribution >= 4 is 10.0 Å². The van der Waals surface area contributed by atoms with E-state index in [0.29, 0.717) is 19.6 Å². The molecule has 1 aliphatic rings. The van der Waals surface area contributed by atoms with E-state index in [2.05, 4.69) is 29.5 Å². The summed E-state index contributed by atoms with van der Waals surface area (Å²) in [4.78, 5) is 0. The Bertz CT molecular complexity index is 802. The number of methoxy groups -OCH3 is 1. The third-order valence-electron chi connectivity index (χ3n) is 4.40. The Labute approximate surface area is 148 Å². The van der Waals surface area contributed by atoms with Gasteiger partial charge in [0.1, 0.15) is 5.75 Å². The molecule has 2 heterocycles. The molecule has 0 radical (unpaired) electrons. The van der Waals surface area contributed by atoms with Gasteiger partial charge in [0.2, 0.25) is 10.0 Å². The van der Waals surface area contributed by atoms with E-state index >= 15 is 0 Å². The minimum absolute atomic E-state index is 0.227. The summed E-state index contributed by atoms with van der Waals surface area (Å²) in [6.07, 6.45) is 0.957. The monoisotopic (exact) mass is 365 g/mol. The zero-order valence-corrected chi connectivity index (χ0v) is 15.3. The molecule has 0 spiro atoms. The van der Waals surface area contributed by atoms with Crippen molar-refractivity contribution in [1.29, 1.82) is 0 Å². The SMILES string of the molecule is CCc1ccc(C2CNCCN2S(=O)(=O)Cc2cc(OC)no2)cc1. The molecular formula is C17H23N3O4S. The van der Waals surface area contributed by atoms with Crippen LogP contribution in [0.3, 0.4) is 0 Å². The van der Waals surface area contributed by atoms with Crippen molar-refractivity contribution in [2.24, 2.45) is 0 Å². The Morgan fingerprint density at radius 2 is 2.12 bits per heavy atom. The van der Waals surface area contributed by atoms with Crippen LogP contribution in [-0.2, 0) is 22.2 Å². The molecule has 25 heavy (non-hydrogen) atoms. The fraction of sp³-hybridized carbons (Fsp3) is 0.471. The normalized spacial score (nSPS) is 19.0. The highest BCUT2D eigenvalue weighted by atomic mass is 32.2. The minimum Gasteiger partial charge on any atom is -0.479 e. The molecule has 1 N–H and O–H groups in total. The fourth-order valence-electron chi connectivity index (χ4n) is 3.00. The van der Waals surface area contributed by atoms with Crippen LogP contribution in [0.5, 0.6) is 5.88 Å². The van der Waals surface area contributed by atoms with Gasteiger partial charge in [-0.05, 0) is 22.7 Å². The van der Waals surface area contributed by atoms with E-state index in [9.17, 15) is 8.42 Å². The molecule has 1 fully saturated rings. The van der Waals surface area contributed by atoms with E-state index in [0.717, 1.165) is 12.0 Å². The largest absolute Gasteiger partial charge is 0.479 e. The quantitative estimate of drug-likeness (QED) is 0.839. The van der Waals surface area contributed by atoms with Gasteiger partial charge in [-0.3, -0.25) is 0 Å². The number of piperazine rings is 1. The maximum absolute atomic E-state index is 12.9. The predicted octanol–water partition coefficient (Wildman–Crippen LogP) is 1.72. The van der Waals surface area contributed by atoms with Crippen molar-refractivity contribution in [3.8, 4) is 5.88 Å². The van der Waals surface area contributed by atoms with Crippen LogP contribution in [0.25, 0.3) is 0 Å². The number of aromatic nitrogens is 1. The van der Waals surface area contributed by atoms with E-state index in [1.165, 1.54) is 18.7 Å². The summed E-state index contributed by atoms with van der Waals surface area (Å²) in [6, 6.07) is 9.40. The molecule has 1 unspecified atom stereocenters. The summed E-state index contributed by atoms with van der Waals surface area (Å²) >= 11 is 0. The van der Waals surface area contributed by atoms with Gasteiger partial charge in [-0.2, -0.15) is 4.31 Å². The van der Waals surface area contributed by atoms with Crippen LogP contribution in [0.15, 0.2) is 34.9 Å². The molecular weight excluding hydrogens is 342 g/mol. The molecule has 3 rings (SSSR count). The third-order valence-corrected chi connectivity index (χ3v) is 6.20. The van der Waals surface area contributed by atoms with Crippen LogP contribution >= 0.6 is 0 Å². The number of rotatable bonds is 6. The summed E-state index contributed by atoms with van der Waals surface area (Å²) in [7, 11) is -2.08. The Kier molecular flexibility index (Phi) is 5.41. The first-order valence-corrected chi connectivity index (χ1v) is 9.93. The molecule has 8 heteroatoms.